The number of hydrogen-bond acceptors (Lipinski definition) is 5. The number of amides is 1. The fourth-order valence-corrected chi connectivity index (χ4v) is 1.70. The maximum atomic E-state index is 12.1. The van der Waals surface area contributed by atoms with Gasteiger partial charge in [-0.25, -0.2) is 0 Å². The first-order valence-corrected chi connectivity index (χ1v) is 6.68. The third-order valence-electron chi connectivity index (χ3n) is 2.69. The van der Waals surface area contributed by atoms with Gasteiger partial charge in [0.2, 0.25) is 0 Å². The number of hydrogen-bond donors (Lipinski definition) is 1. The minimum Gasteiger partial charge on any atom is -0.493 e. The van der Waals surface area contributed by atoms with Crippen LogP contribution in [0.4, 0.5) is 5.69 Å². The summed E-state index contributed by atoms with van der Waals surface area (Å²) in [7, 11) is 1.39. The zero-order valence-electron chi connectivity index (χ0n) is 12.6. The zero-order chi connectivity index (χ0) is 16.0. The first-order valence-electron chi connectivity index (χ1n) is 6.68. The molecule has 7 nitrogen and oxygen atoms in total. The van der Waals surface area contributed by atoms with Crippen molar-refractivity contribution in [3.05, 3.63) is 27.8 Å². The normalized spacial score (nSPS) is 10.3. The Balaban J connectivity index is 3.23. The van der Waals surface area contributed by atoms with E-state index in [1.807, 2.05) is 13.8 Å². The van der Waals surface area contributed by atoms with Crippen LogP contribution in [0.25, 0.3) is 0 Å². The van der Waals surface area contributed by atoms with E-state index in [2.05, 4.69) is 5.32 Å². The predicted octanol–water partition coefficient (Wildman–Crippen LogP) is 2.39. The lowest BCUT2D eigenvalue weighted by molar-refractivity contribution is -0.385. The van der Waals surface area contributed by atoms with Gasteiger partial charge in [-0.05, 0) is 12.8 Å². The van der Waals surface area contributed by atoms with Crippen LogP contribution >= 0.6 is 0 Å². The van der Waals surface area contributed by atoms with Crippen LogP contribution in [0, 0.1) is 16.0 Å². The number of nitrogens with one attached hydrogen (secondary N) is 1. The van der Waals surface area contributed by atoms with Gasteiger partial charge >= 0.3 is 0 Å². The lowest BCUT2D eigenvalue weighted by atomic mass is 10.1. The van der Waals surface area contributed by atoms with Crippen LogP contribution < -0.4 is 14.8 Å². The molecule has 0 heterocycles. The second-order valence-electron chi connectivity index (χ2n) is 4.81. The van der Waals surface area contributed by atoms with Gasteiger partial charge < -0.3 is 14.8 Å². The fraction of sp³-hybridized carbons (Fsp3) is 0.500. The Hall–Kier alpha value is -2.31. The van der Waals surface area contributed by atoms with Crippen molar-refractivity contribution in [2.75, 3.05) is 20.3 Å². The SMILES string of the molecule is CCOc1cc(C(=O)NCC(C)C)c([N+](=O)[O-])cc1OC. The van der Waals surface area contributed by atoms with Crippen molar-refractivity contribution in [1.29, 1.82) is 0 Å². The van der Waals surface area contributed by atoms with E-state index in [0.29, 0.717) is 18.9 Å². The fourth-order valence-electron chi connectivity index (χ4n) is 1.70. The molecule has 1 aromatic carbocycles. The Kier molecular flexibility index (Phi) is 5.95. The maximum Gasteiger partial charge on any atom is 0.286 e. The molecule has 0 saturated heterocycles. The molecule has 0 unspecified atom stereocenters. The Morgan fingerprint density at radius 3 is 2.52 bits per heavy atom. The van der Waals surface area contributed by atoms with Crippen molar-refractivity contribution in [2.24, 2.45) is 5.92 Å². The lowest BCUT2D eigenvalue weighted by Crippen LogP contribution is -2.28. The van der Waals surface area contributed by atoms with Crippen LogP contribution in [0.15, 0.2) is 12.1 Å². The molecule has 7 heteroatoms. The van der Waals surface area contributed by atoms with Gasteiger partial charge in [-0.3, -0.25) is 14.9 Å². The number of ether oxygens (including phenoxy) is 2. The minimum atomic E-state index is -0.609. The van der Waals surface area contributed by atoms with Gasteiger partial charge in [0.15, 0.2) is 11.5 Å². The second-order valence-corrected chi connectivity index (χ2v) is 4.81. The summed E-state index contributed by atoms with van der Waals surface area (Å²) in [6.45, 7) is 6.45. The van der Waals surface area contributed by atoms with Crippen molar-refractivity contribution in [1.82, 2.24) is 5.32 Å². The highest BCUT2D eigenvalue weighted by molar-refractivity contribution is 5.99. The number of methoxy groups -OCH3 is 1. The average molecular weight is 296 g/mol. The molecular weight excluding hydrogens is 276 g/mol. The molecule has 1 rings (SSSR count). The molecule has 116 valence electrons. The Morgan fingerprint density at radius 1 is 1.38 bits per heavy atom. The summed E-state index contributed by atoms with van der Waals surface area (Å²) < 4.78 is 10.4. The molecule has 0 saturated carbocycles. The van der Waals surface area contributed by atoms with E-state index in [9.17, 15) is 14.9 Å². The van der Waals surface area contributed by atoms with E-state index in [4.69, 9.17) is 9.47 Å². The van der Waals surface area contributed by atoms with Crippen LogP contribution in [0.3, 0.4) is 0 Å². The number of rotatable bonds is 7. The standard InChI is InChI=1S/C14H20N2O5/c1-5-21-13-6-10(14(17)15-8-9(2)3)11(16(18)19)7-12(13)20-4/h6-7,9H,5,8H2,1-4H3,(H,15,17). The van der Waals surface area contributed by atoms with Gasteiger partial charge in [0.1, 0.15) is 5.56 Å². The van der Waals surface area contributed by atoms with Crippen molar-refractivity contribution in [3.8, 4) is 11.5 Å². The van der Waals surface area contributed by atoms with E-state index in [1.54, 1.807) is 6.92 Å². The first-order chi connectivity index (χ1) is 9.90. The van der Waals surface area contributed by atoms with Gasteiger partial charge in [0.05, 0.1) is 24.7 Å². The smallest absolute Gasteiger partial charge is 0.286 e. The Labute approximate surface area is 123 Å². The number of carbonyl (C=O) groups is 1. The van der Waals surface area contributed by atoms with Gasteiger partial charge in [0.25, 0.3) is 11.6 Å². The minimum absolute atomic E-state index is 0.0371. The predicted molar refractivity (Wildman–Crippen MR) is 78.0 cm³/mol. The molecule has 21 heavy (non-hydrogen) atoms. The van der Waals surface area contributed by atoms with E-state index in [1.165, 1.54) is 19.2 Å². The van der Waals surface area contributed by atoms with Gasteiger partial charge in [-0.2, -0.15) is 0 Å². The van der Waals surface area contributed by atoms with Gasteiger partial charge in [-0.15, -0.1) is 0 Å². The van der Waals surface area contributed by atoms with E-state index in [0.717, 1.165) is 0 Å². The van der Waals surface area contributed by atoms with E-state index >= 15 is 0 Å². The van der Waals surface area contributed by atoms with Crippen molar-refractivity contribution in [3.63, 3.8) is 0 Å². The number of nitro benzene ring substituents is 1. The Morgan fingerprint density at radius 2 is 2.05 bits per heavy atom. The highest BCUT2D eigenvalue weighted by Crippen LogP contribution is 2.34. The average Bonchev–Trinajstić information content (AvgIpc) is 2.44. The molecule has 0 fully saturated rings. The molecule has 1 aromatic rings. The summed E-state index contributed by atoms with van der Waals surface area (Å²) in [5.41, 5.74) is -0.346. The van der Waals surface area contributed by atoms with E-state index in [-0.39, 0.29) is 22.9 Å². The molecule has 0 aliphatic heterocycles. The molecule has 1 amide bonds. The highest BCUT2D eigenvalue weighted by atomic mass is 16.6. The van der Waals surface area contributed by atoms with Crippen molar-refractivity contribution >= 4 is 11.6 Å². The summed E-state index contributed by atoms with van der Waals surface area (Å²) in [6, 6.07) is 2.55. The molecule has 0 bridgehead atoms. The maximum absolute atomic E-state index is 12.1. The summed E-state index contributed by atoms with van der Waals surface area (Å²) >= 11 is 0. The molecular formula is C14H20N2O5. The molecule has 0 radical (unpaired) electrons. The van der Waals surface area contributed by atoms with E-state index < -0.39 is 10.8 Å². The lowest BCUT2D eigenvalue weighted by Gasteiger charge is -2.12. The Bertz CT molecular complexity index is 528. The third kappa shape index (κ3) is 4.34. The zero-order valence-corrected chi connectivity index (χ0v) is 12.6. The largest absolute Gasteiger partial charge is 0.493 e. The molecule has 0 aromatic heterocycles. The number of carbonyl (C=O) groups excluding carboxylic acids is 1. The van der Waals surface area contributed by atoms with Gasteiger partial charge in [-0.1, -0.05) is 13.8 Å². The third-order valence-corrected chi connectivity index (χ3v) is 2.69. The highest BCUT2D eigenvalue weighted by Gasteiger charge is 2.24. The summed E-state index contributed by atoms with van der Waals surface area (Å²) in [6.07, 6.45) is 0. The molecule has 0 aliphatic carbocycles. The van der Waals surface area contributed by atoms with Crippen LogP contribution in [0.5, 0.6) is 11.5 Å². The topological polar surface area (TPSA) is 90.7 Å². The summed E-state index contributed by atoms with van der Waals surface area (Å²) in [5.74, 6) is 0.279. The van der Waals surface area contributed by atoms with Gasteiger partial charge in [0, 0.05) is 12.6 Å². The second kappa shape index (κ2) is 7.47. The van der Waals surface area contributed by atoms with Crippen LogP contribution in [0.1, 0.15) is 31.1 Å². The molecule has 1 N–H and O–H groups in total. The quantitative estimate of drug-likeness (QED) is 0.616. The number of benzene rings is 1. The number of nitrogens with zero attached hydrogens (tertiary/aromatic N) is 1. The molecule has 0 aliphatic rings. The van der Waals surface area contributed by atoms with Crippen molar-refractivity contribution in [2.45, 2.75) is 20.8 Å². The monoisotopic (exact) mass is 296 g/mol. The summed E-state index contributed by atoms with van der Waals surface area (Å²) in [4.78, 5) is 22.6. The van der Waals surface area contributed by atoms with Crippen LogP contribution in [0.2, 0.25) is 0 Å². The molecule has 0 atom stereocenters. The first kappa shape index (κ1) is 16.7. The molecule has 0 spiro atoms. The van der Waals surface area contributed by atoms with Crippen LogP contribution in [-0.4, -0.2) is 31.1 Å². The number of nitro groups is 1. The van der Waals surface area contributed by atoms with Crippen molar-refractivity contribution < 1.29 is 19.2 Å². The van der Waals surface area contributed by atoms with Crippen LogP contribution in [-0.2, 0) is 0 Å². The summed E-state index contributed by atoms with van der Waals surface area (Å²) in [5, 5.41) is 13.8.